The van der Waals surface area contributed by atoms with Crippen molar-refractivity contribution in [2.24, 2.45) is 4.99 Å². The number of piperidine rings is 1. The van der Waals surface area contributed by atoms with Crippen LogP contribution in [-0.2, 0) is 9.53 Å². The Bertz CT molecular complexity index is 1480. The van der Waals surface area contributed by atoms with Crippen LogP contribution in [0.15, 0.2) is 69.6 Å². The predicted molar refractivity (Wildman–Crippen MR) is 139 cm³/mol. The summed E-state index contributed by atoms with van der Waals surface area (Å²) in [5.74, 6) is -0.923. The number of esters is 1. The second-order valence-corrected chi connectivity index (χ2v) is 10.0. The van der Waals surface area contributed by atoms with Crippen LogP contribution in [0.5, 0.6) is 0 Å². The fraction of sp³-hybridized carbons (Fsp3) is 0.321. The first-order valence-electron chi connectivity index (χ1n) is 12.3. The van der Waals surface area contributed by atoms with Crippen LogP contribution in [0.25, 0.3) is 6.08 Å². The molecule has 0 aliphatic carbocycles. The van der Waals surface area contributed by atoms with Gasteiger partial charge in [-0.15, -0.1) is 0 Å². The lowest BCUT2D eigenvalue weighted by Crippen LogP contribution is -2.39. The number of ether oxygens (including phenoxy) is 1. The molecule has 0 amide bonds. The molecule has 0 spiro atoms. The molecule has 2 aromatic carbocycles. The zero-order valence-electron chi connectivity index (χ0n) is 20.4. The van der Waals surface area contributed by atoms with Crippen molar-refractivity contribution < 1.29 is 13.9 Å². The van der Waals surface area contributed by atoms with E-state index >= 15 is 0 Å². The van der Waals surface area contributed by atoms with E-state index in [0.717, 1.165) is 18.7 Å². The van der Waals surface area contributed by atoms with Gasteiger partial charge in [0.1, 0.15) is 5.82 Å². The smallest absolute Gasteiger partial charge is 0.338 e. The number of rotatable bonds is 5. The molecule has 0 radical (unpaired) electrons. The van der Waals surface area contributed by atoms with Crippen LogP contribution >= 0.6 is 11.3 Å². The van der Waals surface area contributed by atoms with E-state index in [1.54, 1.807) is 26.0 Å². The van der Waals surface area contributed by atoms with Gasteiger partial charge in [0.15, 0.2) is 4.80 Å². The quantitative estimate of drug-likeness (QED) is 0.493. The van der Waals surface area contributed by atoms with Crippen molar-refractivity contribution in [2.45, 2.75) is 39.2 Å². The van der Waals surface area contributed by atoms with E-state index in [2.05, 4.69) is 22.0 Å². The Balaban J connectivity index is 1.58. The number of aromatic nitrogens is 1. The monoisotopic (exact) mass is 505 g/mol. The van der Waals surface area contributed by atoms with Crippen LogP contribution < -0.4 is 19.8 Å². The molecule has 5 rings (SSSR count). The number of hydrogen-bond donors (Lipinski definition) is 0. The fourth-order valence-corrected chi connectivity index (χ4v) is 5.88. The van der Waals surface area contributed by atoms with Gasteiger partial charge < -0.3 is 9.64 Å². The first kappa shape index (κ1) is 24.2. The Hall–Kier alpha value is -3.52. The first-order chi connectivity index (χ1) is 17.5. The summed E-state index contributed by atoms with van der Waals surface area (Å²) >= 11 is 1.28. The molecule has 1 aromatic heterocycles. The number of thiazole rings is 1. The van der Waals surface area contributed by atoms with Gasteiger partial charge in [-0.25, -0.2) is 14.2 Å². The van der Waals surface area contributed by atoms with Gasteiger partial charge >= 0.3 is 5.97 Å². The van der Waals surface area contributed by atoms with Crippen molar-refractivity contribution in [1.29, 1.82) is 0 Å². The molecule has 1 saturated heterocycles. The molecule has 0 saturated carbocycles. The summed E-state index contributed by atoms with van der Waals surface area (Å²) in [7, 11) is 0. The van der Waals surface area contributed by atoms with Gasteiger partial charge in [-0.2, -0.15) is 0 Å². The molecule has 0 N–H and O–H groups in total. The Kier molecular flexibility index (Phi) is 6.87. The third kappa shape index (κ3) is 4.65. The lowest BCUT2D eigenvalue weighted by molar-refractivity contribution is -0.139. The third-order valence-corrected chi connectivity index (χ3v) is 7.60. The fourth-order valence-electron chi connectivity index (χ4n) is 4.84. The maximum absolute atomic E-state index is 13.7. The van der Waals surface area contributed by atoms with Crippen molar-refractivity contribution in [3.63, 3.8) is 0 Å². The van der Waals surface area contributed by atoms with Crippen molar-refractivity contribution in [3.05, 3.63) is 96.4 Å². The topological polar surface area (TPSA) is 63.9 Å². The van der Waals surface area contributed by atoms with Crippen LogP contribution in [0.3, 0.4) is 0 Å². The van der Waals surface area contributed by atoms with Gasteiger partial charge in [-0.1, -0.05) is 35.6 Å². The van der Waals surface area contributed by atoms with Crippen LogP contribution in [-0.4, -0.2) is 30.2 Å². The Labute approximate surface area is 212 Å². The average molecular weight is 506 g/mol. The minimum atomic E-state index is -0.746. The Morgan fingerprint density at radius 1 is 1.11 bits per heavy atom. The highest BCUT2D eigenvalue weighted by molar-refractivity contribution is 7.07. The number of anilines is 1. The minimum absolute atomic E-state index is 0.198. The van der Waals surface area contributed by atoms with E-state index in [-0.39, 0.29) is 17.7 Å². The third-order valence-electron chi connectivity index (χ3n) is 6.61. The second kappa shape index (κ2) is 10.2. The highest BCUT2D eigenvalue weighted by atomic mass is 32.1. The van der Waals surface area contributed by atoms with Crippen molar-refractivity contribution in [3.8, 4) is 0 Å². The number of benzene rings is 2. The molecule has 186 valence electrons. The van der Waals surface area contributed by atoms with Gasteiger partial charge in [0, 0.05) is 18.8 Å². The number of carbonyl (C=O) groups excluding carboxylic acids is 1. The number of carbonyl (C=O) groups is 1. The van der Waals surface area contributed by atoms with Crippen LogP contribution in [0.2, 0.25) is 0 Å². The standard InChI is InChI=1S/C28H28FN3O3S/c1-3-35-27(34)24-18(2)30-28-32(25(24)20-9-11-21(29)12-10-20)26(33)23(36-28)17-19-7-13-22(14-8-19)31-15-5-4-6-16-31/h7-14,17,25H,3-6,15-16H2,1-2H3/b23-17+/t25-/m0/s1. The molecule has 6 nitrogen and oxygen atoms in total. The molecule has 2 aliphatic rings. The molecule has 1 fully saturated rings. The van der Waals surface area contributed by atoms with Crippen LogP contribution in [0.1, 0.15) is 50.3 Å². The highest BCUT2D eigenvalue weighted by Crippen LogP contribution is 2.30. The second-order valence-electron chi connectivity index (χ2n) is 8.99. The maximum atomic E-state index is 13.7. The lowest BCUT2D eigenvalue weighted by Gasteiger charge is -2.28. The number of fused-ring (bicyclic) bond motifs is 1. The molecule has 1 atom stereocenters. The summed E-state index contributed by atoms with van der Waals surface area (Å²) in [5.41, 5.74) is 3.25. The largest absolute Gasteiger partial charge is 0.463 e. The molecular formula is C28H28FN3O3S. The first-order valence-corrected chi connectivity index (χ1v) is 13.1. The molecule has 8 heteroatoms. The van der Waals surface area contributed by atoms with E-state index in [1.807, 2.05) is 18.2 Å². The summed E-state index contributed by atoms with van der Waals surface area (Å²) in [6.07, 6.45) is 5.57. The number of hydrogen-bond acceptors (Lipinski definition) is 6. The van der Waals surface area contributed by atoms with E-state index in [9.17, 15) is 14.0 Å². The molecule has 2 aliphatic heterocycles. The Morgan fingerprint density at radius 3 is 2.47 bits per heavy atom. The summed E-state index contributed by atoms with van der Waals surface area (Å²) in [4.78, 5) is 34.0. The van der Waals surface area contributed by atoms with Crippen LogP contribution in [0, 0.1) is 5.82 Å². The van der Waals surface area contributed by atoms with E-state index in [1.165, 1.54) is 53.0 Å². The molecule has 36 heavy (non-hydrogen) atoms. The van der Waals surface area contributed by atoms with Crippen molar-refractivity contribution in [1.82, 2.24) is 4.57 Å². The average Bonchev–Trinajstić information content (AvgIpc) is 3.19. The van der Waals surface area contributed by atoms with Gasteiger partial charge in [0.25, 0.3) is 5.56 Å². The highest BCUT2D eigenvalue weighted by Gasteiger charge is 2.33. The van der Waals surface area contributed by atoms with Crippen LogP contribution in [0.4, 0.5) is 10.1 Å². The molecule has 3 aromatic rings. The number of nitrogens with zero attached hydrogens (tertiary/aromatic N) is 3. The SMILES string of the molecule is CCOC(=O)C1=C(C)N=c2s/c(=C/c3ccc(N4CCCCC4)cc3)c(=O)n2[C@H]1c1ccc(F)cc1. The Morgan fingerprint density at radius 2 is 1.81 bits per heavy atom. The summed E-state index contributed by atoms with van der Waals surface area (Å²) in [6.45, 7) is 5.81. The minimum Gasteiger partial charge on any atom is -0.463 e. The molecule has 0 bridgehead atoms. The van der Waals surface area contributed by atoms with Crippen molar-refractivity contribution >= 4 is 29.1 Å². The maximum Gasteiger partial charge on any atom is 0.338 e. The van der Waals surface area contributed by atoms with E-state index in [0.29, 0.717) is 20.6 Å². The molecular weight excluding hydrogens is 477 g/mol. The zero-order valence-corrected chi connectivity index (χ0v) is 21.2. The van der Waals surface area contributed by atoms with Gasteiger partial charge in [0.05, 0.1) is 28.5 Å². The summed E-state index contributed by atoms with van der Waals surface area (Å²) in [6, 6.07) is 13.3. The summed E-state index contributed by atoms with van der Waals surface area (Å²) in [5, 5.41) is 0. The van der Waals surface area contributed by atoms with E-state index < -0.39 is 17.8 Å². The summed E-state index contributed by atoms with van der Waals surface area (Å²) < 4.78 is 21.0. The lowest BCUT2D eigenvalue weighted by atomic mass is 9.96. The zero-order chi connectivity index (χ0) is 25.2. The van der Waals surface area contributed by atoms with E-state index in [4.69, 9.17) is 4.74 Å². The van der Waals surface area contributed by atoms with Gasteiger partial charge in [0.2, 0.25) is 0 Å². The molecule has 0 unspecified atom stereocenters. The van der Waals surface area contributed by atoms with Crippen molar-refractivity contribution in [2.75, 3.05) is 24.6 Å². The number of allylic oxidation sites excluding steroid dienone is 1. The number of halogens is 1. The van der Waals surface area contributed by atoms with Gasteiger partial charge in [-0.05, 0) is 74.6 Å². The normalized spacial score (nSPS) is 18.1. The molecule has 3 heterocycles. The predicted octanol–water partition coefficient (Wildman–Crippen LogP) is 3.93. The van der Waals surface area contributed by atoms with Gasteiger partial charge in [-0.3, -0.25) is 9.36 Å².